The quantitative estimate of drug-likeness (QED) is 0.432. The van der Waals surface area contributed by atoms with Gasteiger partial charge >= 0.3 is 0 Å². The van der Waals surface area contributed by atoms with Crippen molar-refractivity contribution in [3.63, 3.8) is 0 Å². The molecule has 0 saturated heterocycles. The number of halogens is 1. The van der Waals surface area contributed by atoms with Crippen LogP contribution in [0.4, 0.5) is 4.39 Å². The van der Waals surface area contributed by atoms with Crippen LogP contribution >= 0.6 is 0 Å². The van der Waals surface area contributed by atoms with Crippen LogP contribution in [0.25, 0.3) is 16.5 Å². The highest BCUT2D eigenvalue weighted by molar-refractivity contribution is 6.05. The van der Waals surface area contributed by atoms with Crippen LogP contribution in [0.1, 0.15) is 16.1 Å². The van der Waals surface area contributed by atoms with E-state index in [-0.39, 0.29) is 16.8 Å². The van der Waals surface area contributed by atoms with Gasteiger partial charge < -0.3 is 0 Å². The SMILES string of the molecule is O=C(N/N=C\c1ccccc1F)c1nn(-c2ccccc2)c(=O)c2ccccc12. The molecule has 3 aromatic carbocycles. The highest BCUT2D eigenvalue weighted by Crippen LogP contribution is 2.15. The molecule has 1 N–H and O–H groups in total. The van der Waals surface area contributed by atoms with Crippen LogP contribution in [0, 0.1) is 5.82 Å². The molecule has 0 aliphatic heterocycles. The predicted octanol–water partition coefficient (Wildman–Crippen LogP) is 3.29. The zero-order valence-corrected chi connectivity index (χ0v) is 15.1. The summed E-state index contributed by atoms with van der Waals surface area (Å²) in [4.78, 5) is 25.6. The Balaban J connectivity index is 1.75. The largest absolute Gasteiger partial charge is 0.292 e. The molecule has 0 aliphatic rings. The smallest absolute Gasteiger partial charge is 0.267 e. The number of fused-ring (bicyclic) bond motifs is 1. The molecule has 0 bridgehead atoms. The first-order valence-electron chi connectivity index (χ1n) is 8.80. The Morgan fingerprint density at radius 1 is 0.931 bits per heavy atom. The molecule has 7 heteroatoms. The van der Waals surface area contributed by atoms with E-state index in [2.05, 4.69) is 15.6 Å². The summed E-state index contributed by atoms with van der Waals surface area (Å²) in [6, 6.07) is 21.6. The van der Waals surface area contributed by atoms with Crippen molar-refractivity contribution < 1.29 is 9.18 Å². The second-order valence-electron chi connectivity index (χ2n) is 6.17. The fourth-order valence-electron chi connectivity index (χ4n) is 2.89. The van der Waals surface area contributed by atoms with Crippen molar-refractivity contribution in [1.82, 2.24) is 15.2 Å². The lowest BCUT2D eigenvalue weighted by Crippen LogP contribution is -2.28. The summed E-state index contributed by atoms with van der Waals surface area (Å²) in [6.45, 7) is 0. The van der Waals surface area contributed by atoms with Crippen molar-refractivity contribution in [3.8, 4) is 5.69 Å². The number of nitrogens with one attached hydrogen (secondary N) is 1. The molecule has 0 saturated carbocycles. The number of carbonyl (C=O) groups excluding carboxylic acids is 1. The standard InChI is InChI=1S/C22H15FN4O2/c23-19-13-7-4-8-15(19)14-24-25-21(28)20-17-11-5-6-12-18(17)22(29)27(26-20)16-9-2-1-3-10-16/h1-14H,(H,25,28)/b24-14-. The average molecular weight is 386 g/mol. The summed E-state index contributed by atoms with van der Waals surface area (Å²) in [7, 11) is 0. The molecule has 29 heavy (non-hydrogen) atoms. The molecule has 0 fully saturated rings. The van der Waals surface area contributed by atoms with Crippen molar-refractivity contribution in [3.05, 3.63) is 106 Å². The van der Waals surface area contributed by atoms with Gasteiger partial charge in [0.25, 0.3) is 11.5 Å². The number of nitrogens with zero attached hydrogens (tertiary/aromatic N) is 3. The Labute approximate surface area is 164 Å². The molecule has 4 rings (SSSR count). The lowest BCUT2D eigenvalue weighted by atomic mass is 10.1. The molecule has 142 valence electrons. The number of hydrogen-bond donors (Lipinski definition) is 1. The molecular weight excluding hydrogens is 371 g/mol. The molecule has 4 aromatic rings. The number of rotatable bonds is 4. The van der Waals surface area contributed by atoms with Crippen molar-refractivity contribution in [2.24, 2.45) is 5.10 Å². The summed E-state index contributed by atoms with van der Waals surface area (Å²) in [5.74, 6) is -1.06. The lowest BCUT2D eigenvalue weighted by Gasteiger charge is -2.10. The van der Waals surface area contributed by atoms with Gasteiger partial charge in [-0.25, -0.2) is 9.82 Å². The van der Waals surface area contributed by atoms with Gasteiger partial charge in [0.15, 0.2) is 5.69 Å². The van der Waals surface area contributed by atoms with Crippen molar-refractivity contribution >= 4 is 22.9 Å². The van der Waals surface area contributed by atoms with E-state index in [1.807, 2.05) is 6.07 Å². The van der Waals surface area contributed by atoms with Gasteiger partial charge in [-0.15, -0.1) is 0 Å². The Bertz CT molecular complexity index is 1280. The van der Waals surface area contributed by atoms with E-state index >= 15 is 0 Å². The number of hydrazone groups is 1. The molecule has 0 spiro atoms. The van der Waals surface area contributed by atoms with Gasteiger partial charge in [0.2, 0.25) is 0 Å². The summed E-state index contributed by atoms with van der Waals surface area (Å²) >= 11 is 0. The summed E-state index contributed by atoms with van der Waals surface area (Å²) < 4.78 is 14.9. The maximum absolute atomic E-state index is 13.7. The second kappa shape index (κ2) is 7.85. The molecule has 1 aromatic heterocycles. The third kappa shape index (κ3) is 3.66. The molecule has 0 atom stereocenters. The Hall–Kier alpha value is -4.13. The fourth-order valence-corrected chi connectivity index (χ4v) is 2.89. The minimum absolute atomic E-state index is 0.0368. The zero-order chi connectivity index (χ0) is 20.2. The number of para-hydroxylation sites is 1. The van der Waals surface area contributed by atoms with Gasteiger partial charge in [0.05, 0.1) is 17.3 Å². The third-order valence-electron chi connectivity index (χ3n) is 4.30. The van der Waals surface area contributed by atoms with Crippen molar-refractivity contribution in [1.29, 1.82) is 0 Å². The maximum Gasteiger partial charge on any atom is 0.292 e. The van der Waals surface area contributed by atoms with E-state index < -0.39 is 11.7 Å². The Morgan fingerprint density at radius 3 is 2.34 bits per heavy atom. The van der Waals surface area contributed by atoms with E-state index in [4.69, 9.17) is 0 Å². The van der Waals surface area contributed by atoms with Crippen LogP contribution < -0.4 is 11.0 Å². The summed E-state index contributed by atoms with van der Waals surface area (Å²) in [5, 5.41) is 8.84. The van der Waals surface area contributed by atoms with Gasteiger partial charge in [-0.1, -0.05) is 54.6 Å². The minimum atomic E-state index is -0.613. The number of carbonyl (C=O) groups is 1. The molecule has 1 heterocycles. The van der Waals surface area contributed by atoms with E-state index in [9.17, 15) is 14.0 Å². The molecule has 0 aliphatic carbocycles. The predicted molar refractivity (Wildman–Crippen MR) is 109 cm³/mol. The molecule has 0 unspecified atom stereocenters. The molecule has 6 nitrogen and oxygen atoms in total. The molecule has 0 radical (unpaired) electrons. The van der Waals surface area contributed by atoms with Crippen LogP contribution in [0.5, 0.6) is 0 Å². The summed E-state index contributed by atoms with van der Waals surface area (Å²) in [6.07, 6.45) is 1.21. The number of amides is 1. The number of benzene rings is 3. The second-order valence-corrected chi connectivity index (χ2v) is 6.17. The third-order valence-corrected chi connectivity index (χ3v) is 4.30. The van der Waals surface area contributed by atoms with Gasteiger partial charge in [-0.3, -0.25) is 9.59 Å². The highest BCUT2D eigenvalue weighted by Gasteiger charge is 2.17. The van der Waals surface area contributed by atoms with E-state index in [1.54, 1.807) is 60.7 Å². The topological polar surface area (TPSA) is 76.3 Å². The van der Waals surface area contributed by atoms with Crippen LogP contribution in [0.2, 0.25) is 0 Å². The van der Waals surface area contributed by atoms with Crippen molar-refractivity contribution in [2.45, 2.75) is 0 Å². The van der Waals surface area contributed by atoms with Crippen LogP contribution in [0.15, 0.2) is 88.8 Å². The average Bonchev–Trinajstić information content (AvgIpc) is 2.76. The minimum Gasteiger partial charge on any atom is -0.267 e. The van der Waals surface area contributed by atoms with Gasteiger partial charge in [-0.2, -0.15) is 14.9 Å². The highest BCUT2D eigenvalue weighted by atomic mass is 19.1. The maximum atomic E-state index is 13.7. The molecule has 1 amide bonds. The van der Waals surface area contributed by atoms with Crippen LogP contribution in [0.3, 0.4) is 0 Å². The normalized spacial score (nSPS) is 11.1. The first-order chi connectivity index (χ1) is 14.1. The lowest BCUT2D eigenvalue weighted by molar-refractivity contribution is 0.0950. The van der Waals surface area contributed by atoms with E-state index in [0.29, 0.717) is 16.5 Å². The van der Waals surface area contributed by atoms with Gasteiger partial charge in [-0.05, 0) is 24.3 Å². The van der Waals surface area contributed by atoms with Gasteiger partial charge in [0.1, 0.15) is 5.82 Å². The Morgan fingerprint density at radius 2 is 1.59 bits per heavy atom. The monoisotopic (exact) mass is 386 g/mol. The first-order valence-corrected chi connectivity index (χ1v) is 8.80. The first kappa shape index (κ1) is 18.2. The zero-order valence-electron chi connectivity index (χ0n) is 15.1. The number of hydrogen-bond acceptors (Lipinski definition) is 4. The Kier molecular flexibility index (Phi) is 4.94. The van der Waals surface area contributed by atoms with E-state index in [1.165, 1.54) is 23.0 Å². The van der Waals surface area contributed by atoms with Crippen LogP contribution in [-0.2, 0) is 0 Å². The van der Waals surface area contributed by atoms with Crippen molar-refractivity contribution in [2.75, 3.05) is 0 Å². The van der Waals surface area contributed by atoms with E-state index in [0.717, 1.165) is 0 Å². The van der Waals surface area contributed by atoms with Crippen LogP contribution in [-0.4, -0.2) is 21.9 Å². The molecular formula is C22H15FN4O2. The number of aromatic nitrogens is 2. The summed E-state index contributed by atoms with van der Waals surface area (Å²) in [5.41, 5.74) is 2.82. The van der Waals surface area contributed by atoms with Gasteiger partial charge in [0, 0.05) is 10.9 Å². The fraction of sp³-hybridized carbons (Fsp3) is 0.